The number of rotatable bonds is 5. The Balaban J connectivity index is 2.24. The molecule has 1 saturated carbocycles. The van der Waals surface area contributed by atoms with Crippen LogP contribution >= 0.6 is 11.6 Å². The number of hydrogen-bond acceptors (Lipinski definition) is 2. The van der Waals surface area contributed by atoms with E-state index in [4.69, 9.17) is 16.3 Å². The van der Waals surface area contributed by atoms with Gasteiger partial charge in [-0.1, -0.05) is 12.8 Å². The lowest BCUT2D eigenvalue weighted by Crippen LogP contribution is -2.45. The predicted octanol–water partition coefficient (Wildman–Crippen LogP) is 1.77. The highest BCUT2D eigenvalue weighted by molar-refractivity contribution is 6.18. The molecule has 0 bridgehead atoms. The van der Waals surface area contributed by atoms with E-state index in [9.17, 15) is 0 Å². The van der Waals surface area contributed by atoms with Crippen LogP contribution in [-0.4, -0.2) is 31.7 Å². The van der Waals surface area contributed by atoms with Gasteiger partial charge in [0.2, 0.25) is 0 Å². The molecule has 12 heavy (non-hydrogen) atoms. The zero-order chi connectivity index (χ0) is 8.86. The first kappa shape index (κ1) is 10.3. The van der Waals surface area contributed by atoms with Gasteiger partial charge in [-0.05, 0) is 12.8 Å². The Kier molecular flexibility index (Phi) is 4.33. The minimum absolute atomic E-state index is 0.222. The van der Waals surface area contributed by atoms with Crippen LogP contribution < -0.4 is 5.32 Å². The molecule has 0 heterocycles. The van der Waals surface area contributed by atoms with Crippen LogP contribution in [0.4, 0.5) is 0 Å². The third kappa shape index (κ3) is 2.61. The number of nitrogens with one attached hydrogen (secondary N) is 1. The highest BCUT2D eigenvalue weighted by Crippen LogP contribution is 2.30. The molecule has 1 rings (SSSR count). The van der Waals surface area contributed by atoms with Crippen molar-refractivity contribution in [2.45, 2.75) is 31.2 Å². The molecule has 0 unspecified atom stereocenters. The summed E-state index contributed by atoms with van der Waals surface area (Å²) in [5.41, 5.74) is 0.222. The number of hydrogen-bond donors (Lipinski definition) is 1. The second-order valence-corrected chi connectivity index (χ2v) is 3.81. The molecule has 0 aromatic rings. The fourth-order valence-corrected chi connectivity index (χ4v) is 2.19. The van der Waals surface area contributed by atoms with E-state index >= 15 is 0 Å². The van der Waals surface area contributed by atoms with E-state index in [-0.39, 0.29) is 5.54 Å². The summed E-state index contributed by atoms with van der Waals surface area (Å²) in [5.74, 6) is 0.733. The number of alkyl halides is 1. The zero-order valence-corrected chi connectivity index (χ0v) is 8.49. The van der Waals surface area contributed by atoms with Crippen molar-refractivity contribution < 1.29 is 4.74 Å². The van der Waals surface area contributed by atoms with Crippen molar-refractivity contribution in [3.63, 3.8) is 0 Å². The minimum Gasteiger partial charge on any atom is -0.383 e. The first-order chi connectivity index (χ1) is 5.83. The van der Waals surface area contributed by atoms with Crippen LogP contribution in [0.25, 0.3) is 0 Å². The molecule has 0 radical (unpaired) electrons. The maximum absolute atomic E-state index is 5.94. The molecule has 1 N–H and O–H groups in total. The molecule has 3 heteroatoms. The summed E-state index contributed by atoms with van der Waals surface area (Å²) >= 11 is 5.94. The predicted molar refractivity (Wildman–Crippen MR) is 51.8 cm³/mol. The van der Waals surface area contributed by atoms with Crippen LogP contribution in [0, 0.1) is 0 Å². The van der Waals surface area contributed by atoms with E-state index in [0.717, 1.165) is 19.0 Å². The average Bonchev–Trinajstić information content (AvgIpc) is 2.55. The van der Waals surface area contributed by atoms with Crippen LogP contribution in [0.5, 0.6) is 0 Å². The summed E-state index contributed by atoms with van der Waals surface area (Å²) in [6.07, 6.45) is 5.07. The van der Waals surface area contributed by atoms with Gasteiger partial charge < -0.3 is 10.1 Å². The minimum atomic E-state index is 0.222. The first-order valence-electron chi connectivity index (χ1n) is 4.63. The summed E-state index contributed by atoms with van der Waals surface area (Å²) in [6, 6.07) is 0. The van der Waals surface area contributed by atoms with Crippen LogP contribution in [0.15, 0.2) is 0 Å². The van der Waals surface area contributed by atoms with Crippen LogP contribution in [0.2, 0.25) is 0 Å². The van der Waals surface area contributed by atoms with Crippen molar-refractivity contribution in [3.05, 3.63) is 0 Å². The lowest BCUT2D eigenvalue weighted by Gasteiger charge is -2.27. The molecule has 2 nitrogen and oxygen atoms in total. The van der Waals surface area contributed by atoms with Gasteiger partial charge >= 0.3 is 0 Å². The van der Waals surface area contributed by atoms with E-state index in [1.54, 1.807) is 7.11 Å². The fraction of sp³-hybridized carbons (Fsp3) is 1.00. The molecule has 72 valence electrons. The van der Waals surface area contributed by atoms with Gasteiger partial charge in [-0.2, -0.15) is 0 Å². The Hall–Kier alpha value is 0.210. The third-order valence-corrected chi connectivity index (χ3v) is 3.13. The van der Waals surface area contributed by atoms with E-state index < -0.39 is 0 Å². The van der Waals surface area contributed by atoms with Gasteiger partial charge in [0.25, 0.3) is 0 Å². The van der Waals surface area contributed by atoms with Crippen molar-refractivity contribution in [2.75, 3.05) is 26.1 Å². The molecule has 1 aliphatic carbocycles. The SMILES string of the molecule is COCCNC1(CCl)CCCC1. The average molecular weight is 192 g/mol. The van der Waals surface area contributed by atoms with Crippen LogP contribution in [-0.2, 0) is 4.74 Å². The maximum atomic E-state index is 5.94. The number of halogens is 1. The third-order valence-electron chi connectivity index (χ3n) is 2.62. The lowest BCUT2D eigenvalue weighted by molar-refractivity contribution is 0.187. The lowest BCUT2D eigenvalue weighted by atomic mass is 10.0. The molecule has 0 atom stereocenters. The smallest absolute Gasteiger partial charge is 0.0587 e. The highest BCUT2D eigenvalue weighted by Gasteiger charge is 2.31. The van der Waals surface area contributed by atoms with E-state index in [2.05, 4.69) is 5.32 Å². The monoisotopic (exact) mass is 191 g/mol. The molecule has 0 saturated heterocycles. The Morgan fingerprint density at radius 3 is 2.58 bits per heavy atom. The van der Waals surface area contributed by atoms with Gasteiger partial charge in [0.1, 0.15) is 0 Å². The summed E-state index contributed by atoms with van der Waals surface area (Å²) < 4.78 is 4.99. The Morgan fingerprint density at radius 2 is 2.08 bits per heavy atom. The molecule has 0 amide bonds. The summed E-state index contributed by atoms with van der Waals surface area (Å²) in [4.78, 5) is 0. The summed E-state index contributed by atoms with van der Waals surface area (Å²) in [7, 11) is 1.73. The van der Waals surface area contributed by atoms with Crippen molar-refractivity contribution in [2.24, 2.45) is 0 Å². The van der Waals surface area contributed by atoms with Crippen molar-refractivity contribution in [1.82, 2.24) is 5.32 Å². The molecule has 0 spiro atoms. The molecular weight excluding hydrogens is 174 g/mol. The van der Waals surface area contributed by atoms with Gasteiger partial charge in [0.05, 0.1) is 6.61 Å². The van der Waals surface area contributed by atoms with E-state index in [1.165, 1.54) is 25.7 Å². The Labute approximate surface area is 79.6 Å². The molecule has 1 fully saturated rings. The van der Waals surface area contributed by atoms with Crippen LogP contribution in [0.3, 0.4) is 0 Å². The molecule has 0 aliphatic heterocycles. The molecule has 1 aliphatic rings. The topological polar surface area (TPSA) is 21.3 Å². The second kappa shape index (κ2) is 5.05. The fourth-order valence-electron chi connectivity index (χ4n) is 1.83. The molecule has 0 aromatic heterocycles. The van der Waals surface area contributed by atoms with E-state index in [0.29, 0.717) is 0 Å². The maximum Gasteiger partial charge on any atom is 0.0587 e. The van der Waals surface area contributed by atoms with E-state index in [1.807, 2.05) is 0 Å². The quantitative estimate of drug-likeness (QED) is 0.529. The van der Waals surface area contributed by atoms with Crippen molar-refractivity contribution in [3.8, 4) is 0 Å². The zero-order valence-electron chi connectivity index (χ0n) is 7.74. The Morgan fingerprint density at radius 1 is 1.42 bits per heavy atom. The van der Waals surface area contributed by atoms with Gasteiger partial charge in [-0.25, -0.2) is 0 Å². The molecular formula is C9H18ClNO. The summed E-state index contributed by atoms with van der Waals surface area (Å²) in [5, 5.41) is 3.49. The van der Waals surface area contributed by atoms with Gasteiger partial charge in [0.15, 0.2) is 0 Å². The van der Waals surface area contributed by atoms with Crippen molar-refractivity contribution >= 4 is 11.6 Å². The summed E-state index contributed by atoms with van der Waals surface area (Å²) in [6.45, 7) is 1.70. The van der Waals surface area contributed by atoms with Gasteiger partial charge in [0, 0.05) is 25.1 Å². The second-order valence-electron chi connectivity index (χ2n) is 3.54. The first-order valence-corrected chi connectivity index (χ1v) is 5.16. The standard InChI is InChI=1S/C9H18ClNO/c1-12-7-6-11-9(8-10)4-2-3-5-9/h11H,2-8H2,1H3. The number of ether oxygens (including phenoxy) is 1. The van der Waals surface area contributed by atoms with Gasteiger partial charge in [-0.15, -0.1) is 11.6 Å². The van der Waals surface area contributed by atoms with Crippen molar-refractivity contribution in [1.29, 1.82) is 0 Å². The van der Waals surface area contributed by atoms with Gasteiger partial charge in [-0.3, -0.25) is 0 Å². The van der Waals surface area contributed by atoms with Crippen LogP contribution in [0.1, 0.15) is 25.7 Å². The normalized spacial score (nSPS) is 21.5. The largest absolute Gasteiger partial charge is 0.383 e. The number of methoxy groups -OCH3 is 1. The Bertz CT molecular complexity index is 124. The molecule has 0 aromatic carbocycles. The highest BCUT2D eigenvalue weighted by atomic mass is 35.5.